The lowest BCUT2D eigenvalue weighted by atomic mass is 10.0. The van der Waals surface area contributed by atoms with Gasteiger partial charge in [-0.2, -0.15) is 0 Å². The van der Waals surface area contributed by atoms with E-state index in [4.69, 9.17) is 11.6 Å². The summed E-state index contributed by atoms with van der Waals surface area (Å²) in [5.74, 6) is 0.612. The molecule has 3 aromatic rings. The Morgan fingerprint density at radius 1 is 1.12 bits per heavy atom. The van der Waals surface area contributed by atoms with Crippen molar-refractivity contribution >= 4 is 17.5 Å². The summed E-state index contributed by atoms with van der Waals surface area (Å²) >= 11 is 5.89. The molecule has 1 N–H and O–H groups in total. The summed E-state index contributed by atoms with van der Waals surface area (Å²) in [6.07, 6.45) is 3.59. The highest BCUT2D eigenvalue weighted by Gasteiger charge is 2.21. The van der Waals surface area contributed by atoms with Crippen molar-refractivity contribution in [3.63, 3.8) is 0 Å². The normalized spacial score (nSPS) is 12.0. The van der Waals surface area contributed by atoms with E-state index in [-0.39, 0.29) is 11.9 Å². The Balaban J connectivity index is 1.93. The highest BCUT2D eigenvalue weighted by molar-refractivity contribution is 6.30. The number of rotatable bonds is 4. The number of aryl methyl sites for hydroxylation is 2. The Morgan fingerprint density at radius 2 is 1.79 bits per heavy atom. The van der Waals surface area contributed by atoms with Crippen LogP contribution in [-0.2, 0) is 7.05 Å². The van der Waals surface area contributed by atoms with E-state index in [1.54, 1.807) is 30.5 Å². The maximum absolute atomic E-state index is 12.6. The van der Waals surface area contributed by atoms with Crippen molar-refractivity contribution in [3.8, 4) is 0 Å². The predicted molar refractivity (Wildman–Crippen MR) is 95.1 cm³/mol. The molecule has 0 aliphatic carbocycles. The molecule has 5 heteroatoms. The molecule has 0 fully saturated rings. The summed E-state index contributed by atoms with van der Waals surface area (Å²) in [7, 11) is 1.91. The van der Waals surface area contributed by atoms with Crippen molar-refractivity contribution in [1.29, 1.82) is 0 Å². The molecule has 0 radical (unpaired) electrons. The van der Waals surface area contributed by atoms with Crippen LogP contribution >= 0.6 is 11.6 Å². The first-order chi connectivity index (χ1) is 11.5. The Hall–Kier alpha value is -2.59. The van der Waals surface area contributed by atoms with Crippen LogP contribution in [0.3, 0.4) is 0 Å². The number of halogens is 1. The zero-order valence-corrected chi connectivity index (χ0v) is 14.3. The Labute approximate surface area is 146 Å². The Morgan fingerprint density at radius 3 is 2.38 bits per heavy atom. The Kier molecular flexibility index (Phi) is 4.67. The van der Waals surface area contributed by atoms with E-state index in [0.29, 0.717) is 10.6 Å². The molecular formula is C19H18ClN3O. The fourth-order valence-electron chi connectivity index (χ4n) is 2.53. The minimum Gasteiger partial charge on any atom is -0.338 e. The van der Waals surface area contributed by atoms with E-state index in [0.717, 1.165) is 11.4 Å². The number of aromatic nitrogens is 2. The third-order valence-corrected chi connectivity index (χ3v) is 4.16. The number of amides is 1. The minimum atomic E-state index is -0.325. The average molecular weight is 340 g/mol. The van der Waals surface area contributed by atoms with Gasteiger partial charge in [0.05, 0.1) is 0 Å². The number of carbonyl (C=O) groups is 1. The van der Waals surface area contributed by atoms with Crippen LogP contribution in [0.4, 0.5) is 0 Å². The number of nitrogens with one attached hydrogen (secondary N) is 1. The highest BCUT2D eigenvalue weighted by Crippen LogP contribution is 2.22. The SMILES string of the molecule is Cc1ccc(C(NC(=O)c2ccc(Cl)cc2)c2nccn2C)cc1. The predicted octanol–water partition coefficient (Wildman–Crippen LogP) is 3.90. The first-order valence-electron chi connectivity index (χ1n) is 7.65. The maximum Gasteiger partial charge on any atom is 0.252 e. The van der Waals surface area contributed by atoms with Gasteiger partial charge in [0.1, 0.15) is 11.9 Å². The summed E-state index contributed by atoms with van der Waals surface area (Å²) in [5.41, 5.74) is 2.71. The van der Waals surface area contributed by atoms with Gasteiger partial charge in [-0.1, -0.05) is 41.4 Å². The quantitative estimate of drug-likeness (QED) is 0.783. The van der Waals surface area contributed by atoms with Gasteiger partial charge in [-0.25, -0.2) is 4.98 Å². The molecular weight excluding hydrogens is 322 g/mol. The van der Waals surface area contributed by atoms with Crippen molar-refractivity contribution in [3.05, 3.63) is 88.5 Å². The molecule has 122 valence electrons. The zero-order chi connectivity index (χ0) is 17.1. The maximum atomic E-state index is 12.6. The summed E-state index contributed by atoms with van der Waals surface area (Å²) in [6, 6.07) is 14.6. The van der Waals surface area contributed by atoms with E-state index in [2.05, 4.69) is 10.3 Å². The van der Waals surface area contributed by atoms with Gasteiger partial charge < -0.3 is 9.88 Å². The number of carbonyl (C=O) groups excluding carboxylic acids is 1. The van der Waals surface area contributed by atoms with Gasteiger partial charge in [-0.15, -0.1) is 0 Å². The summed E-state index contributed by atoms with van der Waals surface area (Å²) in [5, 5.41) is 3.67. The first kappa shape index (κ1) is 16.3. The highest BCUT2D eigenvalue weighted by atomic mass is 35.5. The second kappa shape index (κ2) is 6.89. The van der Waals surface area contributed by atoms with E-state index in [1.165, 1.54) is 5.56 Å². The molecule has 1 heterocycles. The number of hydrogen-bond donors (Lipinski definition) is 1. The lowest BCUT2D eigenvalue weighted by Crippen LogP contribution is -2.31. The van der Waals surface area contributed by atoms with Gasteiger partial charge in [0.15, 0.2) is 0 Å². The fourth-order valence-corrected chi connectivity index (χ4v) is 2.65. The van der Waals surface area contributed by atoms with Crippen LogP contribution in [-0.4, -0.2) is 15.5 Å². The minimum absolute atomic E-state index is 0.166. The van der Waals surface area contributed by atoms with Crippen molar-refractivity contribution in [2.45, 2.75) is 13.0 Å². The van der Waals surface area contributed by atoms with Crippen LogP contribution in [0.5, 0.6) is 0 Å². The Bertz CT molecular complexity index is 838. The third kappa shape index (κ3) is 3.49. The molecule has 1 atom stereocenters. The van der Waals surface area contributed by atoms with Crippen LogP contribution in [0.25, 0.3) is 0 Å². The van der Waals surface area contributed by atoms with Gasteiger partial charge in [0.25, 0.3) is 5.91 Å². The molecule has 4 nitrogen and oxygen atoms in total. The van der Waals surface area contributed by atoms with Crippen LogP contribution in [0.2, 0.25) is 5.02 Å². The van der Waals surface area contributed by atoms with E-state index >= 15 is 0 Å². The van der Waals surface area contributed by atoms with Gasteiger partial charge in [0.2, 0.25) is 0 Å². The number of imidazole rings is 1. The van der Waals surface area contributed by atoms with Crippen LogP contribution in [0.15, 0.2) is 60.9 Å². The molecule has 0 saturated heterocycles. The smallest absolute Gasteiger partial charge is 0.252 e. The number of nitrogens with zero attached hydrogens (tertiary/aromatic N) is 2. The molecule has 0 aliphatic heterocycles. The summed E-state index contributed by atoms with van der Waals surface area (Å²) in [4.78, 5) is 17.0. The molecule has 1 amide bonds. The molecule has 0 saturated carbocycles. The molecule has 0 aliphatic rings. The summed E-state index contributed by atoms with van der Waals surface area (Å²) in [6.45, 7) is 2.03. The number of hydrogen-bond acceptors (Lipinski definition) is 2. The van der Waals surface area contributed by atoms with E-state index in [1.807, 2.05) is 49.0 Å². The molecule has 0 bridgehead atoms. The van der Waals surface area contributed by atoms with Crippen molar-refractivity contribution in [2.75, 3.05) is 0 Å². The molecule has 3 rings (SSSR count). The van der Waals surface area contributed by atoms with Crippen molar-refractivity contribution in [2.24, 2.45) is 7.05 Å². The van der Waals surface area contributed by atoms with Crippen molar-refractivity contribution < 1.29 is 4.79 Å². The monoisotopic (exact) mass is 339 g/mol. The topological polar surface area (TPSA) is 46.9 Å². The third-order valence-electron chi connectivity index (χ3n) is 3.91. The average Bonchev–Trinajstić information content (AvgIpc) is 3.00. The standard InChI is InChI=1S/C19H18ClN3O/c1-13-3-5-14(6-4-13)17(18-21-11-12-23(18)2)22-19(24)15-7-9-16(20)10-8-15/h3-12,17H,1-2H3,(H,22,24). The van der Waals surface area contributed by atoms with Crippen LogP contribution < -0.4 is 5.32 Å². The van der Waals surface area contributed by atoms with Gasteiger partial charge in [-0.05, 0) is 36.8 Å². The fraction of sp³-hybridized carbons (Fsp3) is 0.158. The molecule has 1 unspecified atom stereocenters. The zero-order valence-electron chi connectivity index (χ0n) is 13.5. The summed E-state index contributed by atoms with van der Waals surface area (Å²) < 4.78 is 1.91. The molecule has 2 aromatic carbocycles. The molecule has 0 spiro atoms. The lowest BCUT2D eigenvalue weighted by Gasteiger charge is -2.19. The lowest BCUT2D eigenvalue weighted by molar-refractivity contribution is 0.0941. The van der Waals surface area contributed by atoms with E-state index < -0.39 is 0 Å². The van der Waals surface area contributed by atoms with Gasteiger partial charge in [-0.3, -0.25) is 4.79 Å². The molecule has 24 heavy (non-hydrogen) atoms. The van der Waals surface area contributed by atoms with Crippen molar-refractivity contribution in [1.82, 2.24) is 14.9 Å². The largest absolute Gasteiger partial charge is 0.338 e. The van der Waals surface area contributed by atoms with Crippen LogP contribution in [0.1, 0.15) is 33.4 Å². The van der Waals surface area contributed by atoms with Gasteiger partial charge in [0, 0.05) is 30.0 Å². The van der Waals surface area contributed by atoms with E-state index in [9.17, 15) is 4.79 Å². The second-order valence-electron chi connectivity index (χ2n) is 5.72. The van der Waals surface area contributed by atoms with Crippen LogP contribution in [0, 0.1) is 6.92 Å². The number of benzene rings is 2. The molecule has 1 aromatic heterocycles. The second-order valence-corrected chi connectivity index (χ2v) is 6.16. The van der Waals surface area contributed by atoms with Gasteiger partial charge >= 0.3 is 0 Å². The first-order valence-corrected chi connectivity index (χ1v) is 8.02.